The van der Waals surface area contributed by atoms with Crippen molar-refractivity contribution < 1.29 is 10.0 Å². The molecule has 1 atom stereocenters. The fourth-order valence-corrected chi connectivity index (χ4v) is 2.91. The molecule has 0 spiro atoms. The third-order valence-electron chi connectivity index (χ3n) is 4.18. The summed E-state index contributed by atoms with van der Waals surface area (Å²) >= 11 is 0. The number of nitro groups is 1. The van der Waals surface area contributed by atoms with Crippen LogP contribution in [0.25, 0.3) is 0 Å². The van der Waals surface area contributed by atoms with Crippen molar-refractivity contribution in [2.24, 2.45) is 0 Å². The molecule has 110 valence electrons. The summed E-state index contributed by atoms with van der Waals surface area (Å²) in [6.07, 6.45) is 5.12. The average Bonchev–Trinajstić information content (AvgIpc) is 2.46. The standard InChI is InChI=1S/C15H22N2O3/c1-11(18)12-8-9-14(15(10-12)17(19)20)16(2)13-6-4-3-5-7-13/h8-11,13,18H,3-7H2,1-2H3/t11-/m1/s1. The van der Waals surface area contributed by atoms with Gasteiger partial charge in [-0.15, -0.1) is 0 Å². The number of hydrogen-bond donors (Lipinski definition) is 1. The molecule has 0 saturated heterocycles. The lowest BCUT2D eigenvalue weighted by Crippen LogP contribution is -2.33. The van der Waals surface area contributed by atoms with Crippen molar-refractivity contribution in [1.29, 1.82) is 0 Å². The van der Waals surface area contributed by atoms with Crippen LogP contribution in [0.3, 0.4) is 0 Å². The van der Waals surface area contributed by atoms with Gasteiger partial charge in [0, 0.05) is 19.2 Å². The summed E-state index contributed by atoms with van der Waals surface area (Å²) < 4.78 is 0. The van der Waals surface area contributed by atoms with Gasteiger partial charge < -0.3 is 10.0 Å². The fourth-order valence-electron chi connectivity index (χ4n) is 2.91. The largest absolute Gasteiger partial charge is 0.389 e. The predicted octanol–water partition coefficient (Wildman–Crippen LogP) is 3.42. The molecule has 20 heavy (non-hydrogen) atoms. The van der Waals surface area contributed by atoms with Gasteiger partial charge in [-0.1, -0.05) is 25.3 Å². The predicted molar refractivity (Wildman–Crippen MR) is 79.0 cm³/mol. The van der Waals surface area contributed by atoms with Crippen LogP contribution in [0.5, 0.6) is 0 Å². The van der Waals surface area contributed by atoms with E-state index < -0.39 is 6.10 Å². The van der Waals surface area contributed by atoms with Crippen LogP contribution < -0.4 is 4.90 Å². The minimum Gasteiger partial charge on any atom is -0.389 e. The molecule has 0 aromatic heterocycles. The van der Waals surface area contributed by atoms with Gasteiger partial charge in [0.2, 0.25) is 0 Å². The van der Waals surface area contributed by atoms with E-state index in [0.29, 0.717) is 17.3 Å². The number of nitro benzene ring substituents is 1. The third kappa shape index (κ3) is 3.10. The molecule has 0 unspecified atom stereocenters. The number of aliphatic hydroxyl groups is 1. The van der Waals surface area contributed by atoms with Gasteiger partial charge in [-0.25, -0.2) is 0 Å². The Morgan fingerprint density at radius 1 is 1.35 bits per heavy atom. The minimum absolute atomic E-state index is 0.0801. The first-order valence-corrected chi connectivity index (χ1v) is 7.20. The fraction of sp³-hybridized carbons (Fsp3) is 0.600. The van der Waals surface area contributed by atoms with Crippen LogP contribution >= 0.6 is 0 Å². The molecule has 1 aromatic carbocycles. The number of hydrogen-bond acceptors (Lipinski definition) is 4. The Morgan fingerprint density at radius 3 is 2.55 bits per heavy atom. The van der Waals surface area contributed by atoms with Crippen LogP contribution in [0.2, 0.25) is 0 Å². The van der Waals surface area contributed by atoms with Crippen LogP contribution in [-0.4, -0.2) is 23.1 Å². The van der Waals surface area contributed by atoms with Gasteiger partial charge in [0.1, 0.15) is 5.69 Å². The van der Waals surface area contributed by atoms with Gasteiger partial charge in [0.25, 0.3) is 5.69 Å². The number of benzene rings is 1. The minimum atomic E-state index is -0.692. The van der Waals surface area contributed by atoms with Gasteiger partial charge in [0.05, 0.1) is 11.0 Å². The summed E-state index contributed by atoms with van der Waals surface area (Å²) in [5.41, 5.74) is 1.31. The van der Waals surface area contributed by atoms with Crippen LogP contribution in [0.1, 0.15) is 50.7 Å². The van der Waals surface area contributed by atoms with Gasteiger partial charge in [-0.05, 0) is 31.4 Å². The zero-order valence-electron chi connectivity index (χ0n) is 12.1. The van der Waals surface area contributed by atoms with Crippen molar-refractivity contribution in [1.82, 2.24) is 0 Å². The van der Waals surface area contributed by atoms with Crippen LogP contribution in [0, 0.1) is 10.1 Å². The monoisotopic (exact) mass is 278 g/mol. The Hall–Kier alpha value is -1.62. The molecule has 0 heterocycles. The SMILES string of the molecule is C[C@@H](O)c1ccc(N(C)C2CCCCC2)c([N+](=O)[O-])c1. The molecule has 1 fully saturated rings. The smallest absolute Gasteiger partial charge is 0.292 e. The first kappa shape index (κ1) is 14.8. The highest BCUT2D eigenvalue weighted by atomic mass is 16.6. The molecule has 5 heteroatoms. The zero-order valence-corrected chi connectivity index (χ0v) is 12.1. The first-order chi connectivity index (χ1) is 9.50. The Bertz CT molecular complexity index is 482. The third-order valence-corrected chi connectivity index (χ3v) is 4.18. The lowest BCUT2D eigenvalue weighted by atomic mass is 9.94. The normalized spacial score (nSPS) is 17.8. The molecule has 1 aliphatic carbocycles. The molecule has 1 N–H and O–H groups in total. The summed E-state index contributed by atoms with van der Waals surface area (Å²) in [6.45, 7) is 1.61. The Labute approximate surface area is 119 Å². The number of anilines is 1. The summed E-state index contributed by atoms with van der Waals surface area (Å²) in [5.74, 6) is 0. The average molecular weight is 278 g/mol. The Morgan fingerprint density at radius 2 is 2.00 bits per heavy atom. The van der Waals surface area contributed by atoms with Gasteiger partial charge in [-0.3, -0.25) is 10.1 Å². The number of aliphatic hydroxyl groups excluding tert-OH is 1. The molecular formula is C15H22N2O3. The second-order valence-electron chi connectivity index (χ2n) is 5.58. The summed E-state index contributed by atoms with van der Waals surface area (Å²) in [5, 5.41) is 20.9. The first-order valence-electron chi connectivity index (χ1n) is 7.20. The van der Waals surface area contributed by atoms with E-state index in [4.69, 9.17) is 0 Å². The lowest BCUT2D eigenvalue weighted by Gasteiger charge is -2.32. The molecule has 1 aromatic rings. The molecule has 2 rings (SSSR count). The zero-order chi connectivity index (χ0) is 14.7. The molecular weight excluding hydrogens is 256 g/mol. The number of rotatable bonds is 4. The maximum Gasteiger partial charge on any atom is 0.292 e. The van der Waals surface area contributed by atoms with Gasteiger partial charge >= 0.3 is 0 Å². The van der Waals surface area contributed by atoms with Crippen LogP contribution in [0.15, 0.2) is 18.2 Å². The van der Waals surface area contributed by atoms with E-state index in [-0.39, 0.29) is 10.6 Å². The van der Waals surface area contributed by atoms with Gasteiger partial charge in [0.15, 0.2) is 0 Å². The molecule has 0 radical (unpaired) electrons. The second kappa shape index (κ2) is 6.22. The highest BCUT2D eigenvalue weighted by Crippen LogP contribution is 2.34. The molecule has 0 amide bonds. The molecule has 0 bridgehead atoms. The maximum absolute atomic E-state index is 11.3. The van der Waals surface area contributed by atoms with E-state index in [1.807, 2.05) is 11.9 Å². The quantitative estimate of drug-likeness (QED) is 0.677. The van der Waals surface area contributed by atoms with Crippen molar-refractivity contribution in [3.8, 4) is 0 Å². The maximum atomic E-state index is 11.3. The van der Waals surface area contributed by atoms with E-state index in [1.54, 1.807) is 19.1 Å². The topological polar surface area (TPSA) is 66.6 Å². The van der Waals surface area contributed by atoms with Crippen LogP contribution in [0.4, 0.5) is 11.4 Å². The van der Waals surface area contributed by atoms with E-state index in [1.165, 1.54) is 25.3 Å². The van der Waals surface area contributed by atoms with Crippen molar-refractivity contribution in [3.63, 3.8) is 0 Å². The summed E-state index contributed by atoms with van der Waals surface area (Å²) in [6, 6.07) is 5.39. The lowest BCUT2D eigenvalue weighted by molar-refractivity contribution is -0.384. The van der Waals surface area contributed by atoms with Gasteiger partial charge in [-0.2, -0.15) is 0 Å². The highest BCUT2D eigenvalue weighted by Gasteiger charge is 2.25. The summed E-state index contributed by atoms with van der Waals surface area (Å²) in [4.78, 5) is 13.0. The van der Waals surface area contributed by atoms with Crippen molar-refractivity contribution in [3.05, 3.63) is 33.9 Å². The van der Waals surface area contributed by atoms with Crippen molar-refractivity contribution >= 4 is 11.4 Å². The number of nitrogens with zero attached hydrogens (tertiary/aromatic N) is 2. The van der Waals surface area contributed by atoms with E-state index in [0.717, 1.165) is 12.8 Å². The molecule has 1 aliphatic rings. The highest BCUT2D eigenvalue weighted by molar-refractivity contribution is 5.64. The molecule has 1 saturated carbocycles. The summed E-state index contributed by atoms with van der Waals surface area (Å²) in [7, 11) is 1.93. The van der Waals surface area contributed by atoms with Crippen molar-refractivity contribution in [2.75, 3.05) is 11.9 Å². The molecule has 5 nitrogen and oxygen atoms in total. The Kier molecular flexibility index (Phi) is 4.60. The van der Waals surface area contributed by atoms with E-state index >= 15 is 0 Å². The molecule has 0 aliphatic heterocycles. The Balaban J connectivity index is 2.31. The van der Waals surface area contributed by atoms with E-state index in [9.17, 15) is 15.2 Å². The van der Waals surface area contributed by atoms with Crippen LogP contribution in [-0.2, 0) is 0 Å². The second-order valence-corrected chi connectivity index (χ2v) is 5.58. The van der Waals surface area contributed by atoms with E-state index in [2.05, 4.69) is 0 Å². The van der Waals surface area contributed by atoms with Crippen molar-refractivity contribution in [2.45, 2.75) is 51.2 Å².